The Morgan fingerprint density at radius 3 is 2.60 bits per heavy atom. The minimum absolute atomic E-state index is 0.0236. The number of aromatic nitrogens is 3. The molecule has 0 saturated heterocycles. The highest BCUT2D eigenvalue weighted by Crippen LogP contribution is 2.16. The van der Waals surface area contributed by atoms with E-state index in [1.807, 2.05) is 0 Å². The van der Waals surface area contributed by atoms with Crippen LogP contribution in [0.3, 0.4) is 0 Å². The molecule has 7 heteroatoms. The number of hydrogen-bond acceptors (Lipinski definition) is 4. The molecule has 15 heavy (non-hydrogen) atoms. The molecule has 2 rings (SSSR count). The van der Waals surface area contributed by atoms with Crippen LogP contribution < -0.4 is 5.14 Å². The highest BCUT2D eigenvalue weighted by Gasteiger charge is 2.14. The Hall–Kier alpha value is -1.73. The molecule has 0 saturated carbocycles. The SMILES string of the molecule is NS(=O)(=O)c1ccccc1-n1cncn1. The van der Waals surface area contributed by atoms with Crippen LogP contribution in [0, 0.1) is 0 Å². The molecule has 0 aliphatic rings. The molecule has 1 heterocycles. The predicted molar refractivity (Wildman–Crippen MR) is 52.7 cm³/mol. The van der Waals surface area contributed by atoms with Crippen molar-refractivity contribution in [3.05, 3.63) is 36.9 Å². The van der Waals surface area contributed by atoms with Crippen LogP contribution in [0.25, 0.3) is 5.69 Å². The Labute approximate surface area is 86.4 Å². The molecular formula is C8H8N4O2S. The number of primary sulfonamides is 1. The standard InChI is InChI=1S/C8H8N4O2S/c9-15(13,14)8-4-2-1-3-7(8)12-6-10-5-11-12/h1-6H,(H2,9,13,14). The predicted octanol–water partition coefficient (Wildman–Crippen LogP) is -0.0853. The number of sulfonamides is 1. The molecule has 0 aliphatic carbocycles. The maximum atomic E-state index is 11.3. The topological polar surface area (TPSA) is 90.9 Å². The number of hydrogen-bond donors (Lipinski definition) is 1. The van der Waals surface area contributed by atoms with Gasteiger partial charge in [-0.2, -0.15) is 5.10 Å². The minimum Gasteiger partial charge on any atom is -0.225 e. The lowest BCUT2D eigenvalue weighted by molar-refractivity contribution is 0.596. The summed E-state index contributed by atoms with van der Waals surface area (Å²) in [7, 11) is -3.75. The molecule has 78 valence electrons. The average molecular weight is 224 g/mol. The number of benzene rings is 1. The van der Waals surface area contributed by atoms with Crippen LogP contribution in [0.5, 0.6) is 0 Å². The first kappa shape index (κ1) is 9.81. The van der Waals surface area contributed by atoms with Gasteiger partial charge in [-0.05, 0) is 12.1 Å². The Morgan fingerprint density at radius 2 is 2.00 bits per heavy atom. The zero-order chi connectivity index (χ0) is 10.9. The third-order valence-electron chi connectivity index (χ3n) is 1.84. The van der Waals surface area contributed by atoms with E-state index in [0.29, 0.717) is 5.69 Å². The van der Waals surface area contributed by atoms with Crippen LogP contribution in [0.1, 0.15) is 0 Å². The molecule has 2 aromatic rings. The Kier molecular flexibility index (Phi) is 2.25. The fourth-order valence-corrected chi connectivity index (χ4v) is 1.94. The Bertz CT molecular complexity index is 562. The van der Waals surface area contributed by atoms with Crippen LogP contribution in [0.4, 0.5) is 0 Å². The monoisotopic (exact) mass is 224 g/mol. The number of nitrogens with zero attached hydrogens (tertiary/aromatic N) is 3. The van der Waals surface area contributed by atoms with Crippen molar-refractivity contribution in [2.24, 2.45) is 5.14 Å². The normalized spacial score (nSPS) is 11.5. The highest BCUT2D eigenvalue weighted by molar-refractivity contribution is 7.89. The van der Waals surface area contributed by atoms with Crippen molar-refractivity contribution < 1.29 is 8.42 Å². The third-order valence-corrected chi connectivity index (χ3v) is 2.80. The second-order valence-electron chi connectivity index (χ2n) is 2.85. The van der Waals surface area contributed by atoms with Gasteiger partial charge in [0, 0.05) is 0 Å². The Morgan fingerprint density at radius 1 is 1.27 bits per heavy atom. The maximum Gasteiger partial charge on any atom is 0.240 e. The van der Waals surface area contributed by atoms with Gasteiger partial charge in [0.15, 0.2) is 0 Å². The Balaban J connectivity index is 2.68. The van der Waals surface area contributed by atoms with Crippen LogP contribution in [-0.4, -0.2) is 23.2 Å². The van der Waals surface area contributed by atoms with Gasteiger partial charge in [0.25, 0.3) is 0 Å². The largest absolute Gasteiger partial charge is 0.240 e. The summed E-state index contributed by atoms with van der Waals surface area (Å²) >= 11 is 0. The molecule has 0 bridgehead atoms. The van der Waals surface area contributed by atoms with E-state index in [2.05, 4.69) is 10.1 Å². The fraction of sp³-hybridized carbons (Fsp3) is 0. The highest BCUT2D eigenvalue weighted by atomic mass is 32.2. The van der Waals surface area contributed by atoms with Crippen molar-refractivity contribution in [3.8, 4) is 5.69 Å². The van der Waals surface area contributed by atoms with Crippen LogP contribution in [0.15, 0.2) is 41.8 Å². The lowest BCUT2D eigenvalue weighted by atomic mass is 10.3. The average Bonchev–Trinajstić information content (AvgIpc) is 2.69. The number of para-hydroxylation sites is 1. The molecule has 0 radical (unpaired) electrons. The van der Waals surface area contributed by atoms with Crippen molar-refractivity contribution in [1.29, 1.82) is 0 Å². The second-order valence-corrected chi connectivity index (χ2v) is 4.38. The van der Waals surface area contributed by atoms with E-state index >= 15 is 0 Å². The summed E-state index contributed by atoms with van der Waals surface area (Å²) in [6, 6.07) is 6.33. The number of nitrogens with two attached hydrogens (primary N) is 1. The van der Waals surface area contributed by atoms with E-state index in [-0.39, 0.29) is 4.90 Å². The number of rotatable bonds is 2. The van der Waals surface area contributed by atoms with Crippen molar-refractivity contribution in [3.63, 3.8) is 0 Å². The van der Waals surface area contributed by atoms with E-state index in [1.165, 1.54) is 23.4 Å². The van der Waals surface area contributed by atoms with E-state index in [0.717, 1.165) is 0 Å². The first-order valence-corrected chi connectivity index (χ1v) is 5.60. The van der Waals surface area contributed by atoms with Gasteiger partial charge in [0.2, 0.25) is 10.0 Å². The van der Waals surface area contributed by atoms with Crippen molar-refractivity contribution in [1.82, 2.24) is 14.8 Å². The molecule has 0 unspecified atom stereocenters. The van der Waals surface area contributed by atoms with Gasteiger partial charge in [0.05, 0.1) is 5.69 Å². The van der Waals surface area contributed by atoms with Gasteiger partial charge in [-0.15, -0.1) is 0 Å². The molecule has 0 atom stereocenters. The van der Waals surface area contributed by atoms with Crippen LogP contribution in [0.2, 0.25) is 0 Å². The summed E-state index contributed by atoms with van der Waals surface area (Å²) in [5, 5.41) is 8.92. The summed E-state index contributed by atoms with van der Waals surface area (Å²) in [5.74, 6) is 0. The lowest BCUT2D eigenvalue weighted by Crippen LogP contribution is -2.15. The first-order valence-electron chi connectivity index (χ1n) is 4.06. The van der Waals surface area contributed by atoms with E-state index in [1.54, 1.807) is 18.2 Å². The minimum atomic E-state index is -3.75. The van der Waals surface area contributed by atoms with E-state index in [9.17, 15) is 8.42 Å². The van der Waals surface area contributed by atoms with Gasteiger partial charge >= 0.3 is 0 Å². The van der Waals surface area contributed by atoms with Gasteiger partial charge in [-0.3, -0.25) is 0 Å². The molecule has 6 nitrogen and oxygen atoms in total. The molecule has 1 aromatic heterocycles. The molecule has 0 spiro atoms. The summed E-state index contributed by atoms with van der Waals surface area (Å²) in [6.07, 6.45) is 2.73. The smallest absolute Gasteiger partial charge is 0.225 e. The van der Waals surface area contributed by atoms with Crippen molar-refractivity contribution in [2.45, 2.75) is 4.90 Å². The maximum absolute atomic E-state index is 11.3. The van der Waals surface area contributed by atoms with Gasteiger partial charge < -0.3 is 0 Å². The molecular weight excluding hydrogens is 216 g/mol. The third kappa shape index (κ3) is 1.88. The molecule has 2 N–H and O–H groups in total. The quantitative estimate of drug-likeness (QED) is 0.772. The molecule has 0 amide bonds. The van der Waals surface area contributed by atoms with Crippen molar-refractivity contribution >= 4 is 10.0 Å². The first-order chi connectivity index (χ1) is 7.09. The summed E-state index contributed by atoms with van der Waals surface area (Å²) in [6.45, 7) is 0. The second kappa shape index (κ2) is 3.44. The fourth-order valence-electron chi connectivity index (χ4n) is 1.22. The van der Waals surface area contributed by atoms with Gasteiger partial charge in [-0.25, -0.2) is 23.2 Å². The van der Waals surface area contributed by atoms with E-state index < -0.39 is 10.0 Å². The zero-order valence-electron chi connectivity index (χ0n) is 7.61. The molecule has 0 fully saturated rings. The summed E-state index contributed by atoms with van der Waals surface area (Å²) in [4.78, 5) is 3.76. The van der Waals surface area contributed by atoms with Crippen LogP contribution in [-0.2, 0) is 10.0 Å². The lowest BCUT2D eigenvalue weighted by Gasteiger charge is -2.05. The van der Waals surface area contributed by atoms with E-state index in [4.69, 9.17) is 5.14 Å². The summed E-state index contributed by atoms with van der Waals surface area (Å²) in [5.41, 5.74) is 0.387. The molecule has 0 aliphatic heterocycles. The van der Waals surface area contributed by atoms with Crippen LogP contribution >= 0.6 is 0 Å². The van der Waals surface area contributed by atoms with Gasteiger partial charge in [0.1, 0.15) is 17.6 Å². The zero-order valence-corrected chi connectivity index (χ0v) is 8.42. The van der Waals surface area contributed by atoms with Gasteiger partial charge in [-0.1, -0.05) is 12.1 Å². The molecule has 1 aromatic carbocycles. The van der Waals surface area contributed by atoms with Crippen molar-refractivity contribution in [2.75, 3.05) is 0 Å². The summed E-state index contributed by atoms with van der Waals surface area (Å²) < 4.78 is 23.9.